The van der Waals surface area contributed by atoms with Crippen molar-refractivity contribution in [3.63, 3.8) is 0 Å². The molecule has 0 saturated carbocycles. The van der Waals surface area contributed by atoms with Crippen molar-refractivity contribution in [1.29, 1.82) is 0 Å². The van der Waals surface area contributed by atoms with Gasteiger partial charge in [-0.15, -0.1) is 0 Å². The second-order valence-electron chi connectivity index (χ2n) is 5.03. The summed E-state index contributed by atoms with van der Waals surface area (Å²) < 4.78 is 0. The lowest BCUT2D eigenvalue weighted by Crippen LogP contribution is -2.15. The highest BCUT2D eigenvalue weighted by atomic mass is 16.1. The van der Waals surface area contributed by atoms with Gasteiger partial charge in [0, 0.05) is 5.69 Å². The van der Waals surface area contributed by atoms with E-state index in [1.807, 2.05) is 57.2 Å². The van der Waals surface area contributed by atoms with Gasteiger partial charge >= 0.3 is 0 Å². The number of benzene rings is 2. The third-order valence-electron chi connectivity index (χ3n) is 3.14. The SMILES string of the molecule is Cc1ccc(CC(=O)Nc2ccc(C)cc2C)cc1. The summed E-state index contributed by atoms with van der Waals surface area (Å²) in [6, 6.07) is 14.1. The largest absolute Gasteiger partial charge is 0.326 e. The zero-order valence-corrected chi connectivity index (χ0v) is 11.7. The van der Waals surface area contributed by atoms with E-state index in [1.54, 1.807) is 0 Å². The van der Waals surface area contributed by atoms with Crippen LogP contribution in [-0.4, -0.2) is 5.91 Å². The van der Waals surface area contributed by atoms with Gasteiger partial charge in [-0.3, -0.25) is 4.79 Å². The Balaban J connectivity index is 2.03. The molecule has 0 aliphatic heterocycles. The number of hydrogen-bond donors (Lipinski definition) is 1. The first-order valence-electron chi connectivity index (χ1n) is 6.47. The number of amides is 1. The average molecular weight is 253 g/mol. The highest BCUT2D eigenvalue weighted by Gasteiger charge is 2.06. The second kappa shape index (κ2) is 5.70. The fraction of sp³-hybridized carbons (Fsp3) is 0.235. The number of aryl methyl sites for hydroxylation is 3. The average Bonchev–Trinajstić information content (AvgIpc) is 2.36. The number of rotatable bonds is 3. The van der Waals surface area contributed by atoms with Gasteiger partial charge in [0.15, 0.2) is 0 Å². The van der Waals surface area contributed by atoms with Crippen molar-refractivity contribution in [2.75, 3.05) is 5.32 Å². The molecule has 0 heterocycles. The van der Waals surface area contributed by atoms with Crippen molar-refractivity contribution in [3.8, 4) is 0 Å². The van der Waals surface area contributed by atoms with Gasteiger partial charge in [0.05, 0.1) is 6.42 Å². The number of anilines is 1. The Morgan fingerprint density at radius 3 is 2.21 bits per heavy atom. The molecule has 0 fully saturated rings. The normalized spacial score (nSPS) is 10.3. The number of hydrogen-bond acceptors (Lipinski definition) is 1. The molecule has 0 saturated heterocycles. The molecule has 98 valence electrons. The zero-order valence-electron chi connectivity index (χ0n) is 11.7. The Bertz CT molecular complexity index is 585. The summed E-state index contributed by atoms with van der Waals surface area (Å²) in [6.07, 6.45) is 0.410. The Hall–Kier alpha value is -2.09. The first kappa shape index (κ1) is 13.3. The number of carbonyl (C=O) groups is 1. The number of carbonyl (C=O) groups excluding carboxylic acids is 1. The van der Waals surface area contributed by atoms with Crippen LogP contribution < -0.4 is 5.32 Å². The molecule has 2 nitrogen and oxygen atoms in total. The molecule has 0 spiro atoms. The van der Waals surface area contributed by atoms with Crippen LogP contribution in [0.3, 0.4) is 0 Å². The van der Waals surface area contributed by atoms with E-state index < -0.39 is 0 Å². The maximum absolute atomic E-state index is 12.0. The van der Waals surface area contributed by atoms with Gasteiger partial charge in [0.25, 0.3) is 0 Å². The summed E-state index contributed by atoms with van der Waals surface area (Å²) in [6.45, 7) is 6.10. The lowest BCUT2D eigenvalue weighted by molar-refractivity contribution is -0.115. The minimum absolute atomic E-state index is 0.0239. The predicted octanol–water partition coefficient (Wildman–Crippen LogP) is 3.79. The van der Waals surface area contributed by atoms with Crippen molar-refractivity contribution >= 4 is 11.6 Å². The fourth-order valence-corrected chi connectivity index (χ4v) is 2.04. The molecule has 0 aliphatic rings. The van der Waals surface area contributed by atoms with E-state index in [0.29, 0.717) is 6.42 Å². The third kappa shape index (κ3) is 3.68. The summed E-state index contributed by atoms with van der Waals surface area (Å²) in [4.78, 5) is 12.0. The minimum atomic E-state index is 0.0239. The van der Waals surface area contributed by atoms with Gasteiger partial charge in [0.1, 0.15) is 0 Å². The molecule has 0 radical (unpaired) electrons. The van der Waals surface area contributed by atoms with Gasteiger partial charge in [0.2, 0.25) is 5.91 Å². The Morgan fingerprint density at radius 1 is 0.947 bits per heavy atom. The molecule has 2 aromatic carbocycles. The summed E-state index contributed by atoms with van der Waals surface area (Å²) in [7, 11) is 0. The molecule has 19 heavy (non-hydrogen) atoms. The summed E-state index contributed by atoms with van der Waals surface area (Å²) in [5, 5.41) is 2.96. The smallest absolute Gasteiger partial charge is 0.228 e. The molecule has 1 amide bonds. The van der Waals surface area contributed by atoms with Crippen molar-refractivity contribution in [3.05, 3.63) is 64.7 Å². The maximum Gasteiger partial charge on any atom is 0.228 e. The van der Waals surface area contributed by atoms with E-state index in [-0.39, 0.29) is 5.91 Å². The van der Waals surface area contributed by atoms with Crippen LogP contribution in [-0.2, 0) is 11.2 Å². The molecule has 2 aromatic rings. The monoisotopic (exact) mass is 253 g/mol. The zero-order chi connectivity index (χ0) is 13.8. The topological polar surface area (TPSA) is 29.1 Å². The van der Waals surface area contributed by atoms with E-state index in [9.17, 15) is 4.79 Å². The molecule has 0 aromatic heterocycles. The van der Waals surface area contributed by atoms with Crippen LogP contribution in [0.4, 0.5) is 5.69 Å². The first-order valence-corrected chi connectivity index (χ1v) is 6.47. The van der Waals surface area contributed by atoms with Gasteiger partial charge in [-0.25, -0.2) is 0 Å². The second-order valence-corrected chi connectivity index (χ2v) is 5.03. The molecular formula is C17H19NO. The summed E-state index contributed by atoms with van der Waals surface area (Å²) >= 11 is 0. The van der Waals surface area contributed by atoms with E-state index >= 15 is 0 Å². The minimum Gasteiger partial charge on any atom is -0.326 e. The maximum atomic E-state index is 12.0. The van der Waals surface area contributed by atoms with E-state index in [2.05, 4.69) is 11.4 Å². The van der Waals surface area contributed by atoms with E-state index in [0.717, 1.165) is 16.8 Å². The van der Waals surface area contributed by atoms with Crippen LogP contribution in [0, 0.1) is 20.8 Å². The lowest BCUT2D eigenvalue weighted by atomic mass is 10.1. The van der Waals surface area contributed by atoms with Crippen LogP contribution in [0.2, 0.25) is 0 Å². The van der Waals surface area contributed by atoms with Crippen LogP contribution in [0.5, 0.6) is 0 Å². The molecule has 0 aliphatic carbocycles. The van der Waals surface area contributed by atoms with Crippen molar-refractivity contribution in [2.45, 2.75) is 27.2 Å². The molecule has 0 unspecified atom stereocenters. The van der Waals surface area contributed by atoms with Crippen molar-refractivity contribution in [1.82, 2.24) is 0 Å². The molecule has 2 rings (SSSR count). The van der Waals surface area contributed by atoms with Crippen LogP contribution >= 0.6 is 0 Å². The van der Waals surface area contributed by atoms with Gasteiger partial charge in [-0.1, -0.05) is 47.5 Å². The van der Waals surface area contributed by atoms with Crippen LogP contribution in [0.15, 0.2) is 42.5 Å². The standard InChI is InChI=1S/C17H19NO/c1-12-4-7-15(8-5-12)11-17(19)18-16-9-6-13(2)10-14(16)3/h4-10H,11H2,1-3H3,(H,18,19). The van der Waals surface area contributed by atoms with Gasteiger partial charge in [-0.05, 0) is 38.0 Å². The Labute approximate surface area is 114 Å². The van der Waals surface area contributed by atoms with Crippen LogP contribution in [0.1, 0.15) is 22.3 Å². The molecule has 0 bridgehead atoms. The quantitative estimate of drug-likeness (QED) is 0.885. The van der Waals surface area contributed by atoms with Gasteiger partial charge in [-0.2, -0.15) is 0 Å². The Morgan fingerprint density at radius 2 is 1.58 bits per heavy atom. The number of nitrogens with one attached hydrogen (secondary N) is 1. The third-order valence-corrected chi connectivity index (χ3v) is 3.14. The van der Waals surface area contributed by atoms with E-state index in [4.69, 9.17) is 0 Å². The molecular weight excluding hydrogens is 234 g/mol. The van der Waals surface area contributed by atoms with Crippen molar-refractivity contribution in [2.24, 2.45) is 0 Å². The highest BCUT2D eigenvalue weighted by Crippen LogP contribution is 2.16. The predicted molar refractivity (Wildman–Crippen MR) is 79.4 cm³/mol. The summed E-state index contributed by atoms with van der Waals surface area (Å²) in [5.74, 6) is 0.0239. The molecule has 1 N–H and O–H groups in total. The Kier molecular flexibility index (Phi) is 4.00. The summed E-state index contributed by atoms with van der Waals surface area (Å²) in [5.41, 5.74) is 5.43. The lowest BCUT2D eigenvalue weighted by Gasteiger charge is -2.09. The highest BCUT2D eigenvalue weighted by molar-refractivity contribution is 5.93. The fourth-order valence-electron chi connectivity index (χ4n) is 2.04. The molecule has 0 atom stereocenters. The van der Waals surface area contributed by atoms with Crippen molar-refractivity contribution < 1.29 is 4.79 Å². The van der Waals surface area contributed by atoms with Gasteiger partial charge < -0.3 is 5.32 Å². The molecule has 2 heteroatoms. The first-order chi connectivity index (χ1) is 9.04. The van der Waals surface area contributed by atoms with Crippen LogP contribution in [0.25, 0.3) is 0 Å². The van der Waals surface area contributed by atoms with E-state index in [1.165, 1.54) is 11.1 Å².